The van der Waals surface area contributed by atoms with Gasteiger partial charge in [-0.05, 0) is 57.1 Å². The molecule has 1 aliphatic rings. The largest absolute Gasteiger partial charge is 0.341 e. The number of amides is 1. The summed E-state index contributed by atoms with van der Waals surface area (Å²) in [6.07, 6.45) is 2.24. The minimum absolute atomic E-state index is 0.0702. The molecule has 0 bridgehead atoms. The van der Waals surface area contributed by atoms with Crippen LogP contribution < -0.4 is 0 Å². The van der Waals surface area contributed by atoms with Crippen molar-refractivity contribution in [3.8, 4) is 0 Å². The quantitative estimate of drug-likeness (QED) is 0.867. The molecule has 0 spiro atoms. The Morgan fingerprint density at radius 2 is 2.10 bits per heavy atom. The predicted octanol–water partition coefficient (Wildman–Crippen LogP) is 2.53. The summed E-state index contributed by atoms with van der Waals surface area (Å²) in [5.74, 6) is 0.0816. The normalized spacial score (nSPS) is 17.2. The maximum Gasteiger partial charge on any atom is 0.253 e. The zero-order valence-electron chi connectivity index (χ0n) is 12.0. The van der Waals surface area contributed by atoms with Gasteiger partial charge in [-0.25, -0.2) is 4.39 Å². The lowest BCUT2D eigenvalue weighted by Gasteiger charge is -2.31. The van der Waals surface area contributed by atoms with Crippen LogP contribution in [0.5, 0.6) is 0 Å². The molecule has 3 nitrogen and oxygen atoms in total. The lowest BCUT2D eigenvalue weighted by Crippen LogP contribution is -2.38. The van der Waals surface area contributed by atoms with E-state index in [1.165, 1.54) is 18.2 Å². The predicted molar refractivity (Wildman–Crippen MR) is 80.8 cm³/mol. The number of carbonyl (C=O) groups is 1. The smallest absolute Gasteiger partial charge is 0.253 e. The average Bonchev–Trinajstić information content (AvgIpc) is 2.43. The van der Waals surface area contributed by atoms with Crippen molar-refractivity contribution in [1.82, 2.24) is 9.80 Å². The first-order valence-corrected chi connectivity index (χ1v) is 7.34. The van der Waals surface area contributed by atoms with Crippen LogP contribution in [0.3, 0.4) is 0 Å². The van der Waals surface area contributed by atoms with Crippen LogP contribution in [-0.4, -0.2) is 49.4 Å². The van der Waals surface area contributed by atoms with Crippen molar-refractivity contribution >= 4 is 18.5 Å². The van der Waals surface area contributed by atoms with E-state index in [9.17, 15) is 9.18 Å². The number of carbonyl (C=O) groups excluding carboxylic acids is 1. The summed E-state index contributed by atoms with van der Waals surface area (Å²) in [5.41, 5.74) is 0.492. The summed E-state index contributed by atoms with van der Waals surface area (Å²) >= 11 is 4.02. The zero-order chi connectivity index (χ0) is 14.7. The highest BCUT2D eigenvalue weighted by molar-refractivity contribution is 7.80. The van der Waals surface area contributed by atoms with E-state index < -0.39 is 5.82 Å². The Kier molecular flexibility index (Phi) is 5.05. The fourth-order valence-electron chi connectivity index (χ4n) is 2.58. The third-order valence-electron chi connectivity index (χ3n) is 3.91. The van der Waals surface area contributed by atoms with Gasteiger partial charge in [0.1, 0.15) is 5.82 Å². The first-order valence-electron chi connectivity index (χ1n) is 6.90. The van der Waals surface area contributed by atoms with Crippen LogP contribution >= 0.6 is 12.6 Å². The fourth-order valence-corrected chi connectivity index (χ4v) is 2.79. The van der Waals surface area contributed by atoms with Crippen LogP contribution in [0.4, 0.5) is 4.39 Å². The molecule has 0 atom stereocenters. The van der Waals surface area contributed by atoms with Crippen LogP contribution in [0.2, 0.25) is 0 Å². The molecule has 0 unspecified atom stereocenters. The molecule has 1 saturated heterocycles. The van der Waals surface area contributed by atoms with Crippen LogP contribution in [0.15, 0.2) is 23.1 Å². The van der Waals surface area contributed by atoms with Gasteiger partial charge in [0.25, 0.3) is 5.91 Å². The number of thiol groups is 1. The van der Waals surface area contributed by atoms with Gasteiger partial charge in [0, 0.05) is 24.1 Å². The minimum atomic E-state index is -0.400. The number of piperidine rings is 1. The van der Waals surface area contributed by atoms with Crippen LogP contribution in [-0.2, 0) is 0 Å². The Balaban J connectivity index is 1.96. The molecule has 1 amide bonds. The summed E-state index contributed by atoms with van der Waals surface area (Å²) in [6.45, 7) is 2.93. The molecule has 0 saturated carbocycles. The minimum Gasteiger partial charge on any atom is -0.341 e. The topological polar surface area (TPSA) is 23.6 Å². The van der Waals surface area contributed by atoms with Crippen LogP contribution in [0.1, 0.15) is 23.2 Å². The summed E-state index contributed by atoms with van der Waals surface area (Å²) in [6, 6.07) is 4.30. The van der Waals surface area contributed by atoms with Gasteiger partial charge in [0.15, 0.2) is 0 Å². The maximum absolute atomic E-state index is 13.2. The molecule has 1 fully saturated rings. The van der Waals surface area contributed by atoms with Crippen molar-refractivity contribution in [2.24, 2.45) is 5.92 Å². The first kappa shape index (κ1) is 15.3. The zero-order valence-corrected chi connectivity index (χ0v) is 12.9. The molecule has 1 aromatic carbocycles. The lowest BCUT2D eigenvalue weighted by atomic mass is 9.96. The van der Waals surface area contributed by atoms with Crippen molar-refractivity contribution in [2.45, 2.75) is 17.7 Å². The number of likely N-dealkylation sites (tertiary alicyclic amines) is 1. The standard InChI is InChI=1S/C15H21FN2OS/c1-17-7-5-11(6-8-17)10-18(2)15(19)12-3-4-13(16)14(20)9-12/h3-4,9,11,20H,5-8,10H2,1-2H3. The highest BCUT2D eigenvalue weighted by Crippen LogP contribution is 2.19. The Bertz CT molecular complexity index is 487. The second-order valence-electron chi connectivity index (χ2n) is 5.60. The van der Waals surface area contributed by atoms with E-state index >= 15 is 0 Å². The SMILES string of the molecule is CN1CCC(CN(C)C(=O)c2ccc(F)c(S)c2)CC1. The van der Waals surface area contributed by atoms with E-state index in [1.54, 1.807) is 4.90 Å². The van der Waals surface area contributed by atoms with E-state index in [-0.39, 0.29) is 10.8 Å². The van der Waals surface area contributed by atoms with E-state index in [1.807, 2.05) is 7.05 Å². The highest BCUT2D eigenvalue weighted by Gasteiger charge is 2.21. The second kappa shape index (κ2) is 6.59. The van der Waals surface area contributed by atoms with Crippen LogP contribution in [0.25, 0.3) is 0 Å². The average molecular weight is 296 g/mol. The van der Waals surface area contributed by atoms with E-state index in [0.717, 1.165) is 32.5 Å². The summed E-state index contributed by atoms with van der Waals surface area (Å²) in [7, 11) is 3.93. The molecular weight excluding hydrogens is 275 g/mol. The fraction of sp³-hybridized carbons (Fsp3) is 0.533. The number of nitrogens with zero attached hydrogens (tertiary/aromatic N) is 2. The number of benzene rings is 1. The van der Waals surface area contributed by atoms with E-state index in [2.05, 4.69) is 24.6 Å². The molecule has 110 valence electrons. The van der Waals surface area contributed by atoms with Gasteiger partial charge in [-0.3, -0.25) is 4.79 Å². The number of hydrogen-bond acceptors (Lipinski definition) is 3. The second-order valence-corrected chi connectivity index (χ2v) is 6.08. The van der Waals surface area contributed by atoms with Gasteiger partial charge in [0.05, 0.1) is 0 Å². The number of hydrogen-bond donors (Lipinski definition) is 1. The van der Waals surface area contributed by atoms with E-state index in [4.69, 9.17) is 0 Å². The molecule has 5 heteroatoms. The molecule has 0 aliphatic carbocycles. The van der Waals surface area contributed by atoms with Crippen molar-refractivity contribution in [3.63, 3.8) is 0 Å². The third kappa shape index (κ3) is 3.73. The molecular formula is C15H21FN2OS. The first-order chi connectivity index (χ1) is 9.47. The Labute approximate surface area is 125 Å². The van der Waals surface area contributed by atoms with Crippen LogP contribution in [0, 0.1) is 11.7 Å². The molecule has 0 N–H and O–H groups in total. The van der Waals surface area contributed by atoms with Crippen molar-refractivity contribution in [2.75, 3.05) is 33.7 Å². The molecule has 1 aromatic rings. The molecule has 2 rings (SSSR count). The Morgan fingerprint density at radius 1 is 1.45 bits per heavy atom. The third-order valence-corrected chi connectivity index (χ3v) is 4.25. The van der Waals surface area contributed by atoms with Crippen molar-refractivity contribution < 1.29 is 9.18 Å². The van der Waals surface area contributed by atoms with Crippen molar-refractivity contribution in [1.29, 1.82) is 0 Å². The molecule has 20 heavy (non-hydrogen) atoms. The molecule has 1 heterocycles. The molecule has 1 aliphatic heterocycles. The summed E-state index contributed by atoms with van der Waals surface area (Å²) in [5, 5.41) is 0. The van der Waals surface area contributed by atoms with Gasteiger partial charge in [-0.1, -0.05) is 0 Å². The van der Waals surface area contributed by atoms with Crippen molar-refractivity contribution in [3.05, 3.63) is 29.6 Å². The summed E-state index contributed by atoms with van der Waals surface area (Å²) in [4.78, 5) is 16.6. The molecule has 0 aromatic heterocycles. The lowest BCUT2D eigenvalue weighted by molar-refractivity contribution is 0.0747. The Hall–Kier alpha value is -1.07. The van der Waals surface area contributed by atoms with Gasteiger partial charge in [0.2, 0.25) is 0 Å². The number of halogens is 1. The van der Waals surface area contributed by atoms with E-state index in [0.29, 0.717) is 11.5 Å². The van der Waals surface area contributed by atoms with Gasteiger partial charge >= 0.3 is 0 Å². The monoisotopic (exact) mass is 296 g/mol. The Morgan fingerprint density at radius 3 is 2.70 bits per heavy atom. The maximum atomic E-state index is 13.2. The number of rotatable bonds is 3. The molecule has 0 radical (unpaired) electrons. The van der Waals surface area contributed by atoms with Gasteiger partial charge < -0.3 is 9.80 Å². The van der Waals surface area contributed by atoms with Gasteiger partial charge in [-0.2, -0.15) is 0 Å². The highest BCUT2D eigenvalue weighted by atomic mass is 32.1. The van der Waals surface area contributed by atoms with Gasteiger partial charge in [-0.15, -0.1) is 12.6 Å². The summed E-state index contributed by atoms with van der Waals surface area (Å²) < 4.78 is 13.2.